The van der Waals surface area contributed by atoms with Gasteiger partial charge in [-0.2, -0.15) is 0 Å². The van der Waals surface area contributed by atoms with Crippen molar-refractivity contribution in [3.05, 3.63) is 23.8 Å². The van der Waals surface area contributed by atoms with Crippen LogP contribution in [0.4, 0.5) is 4.79 Å². The highest BCUT2D eigenvalue weighted by molar-refractivity contribution is 5.95. The molecule has 1 heterocycles. The zero-order valence-electron chi connectivity index (χ0n) is 14.5. The Bertz CT molecular complexity index is 629. The van der Waals surface area contributed by atoms with E-state index in [1.54, 1.807) is 0 Å². The number of fused-ring (bicyclic) bond motifs is 1. The fraction of sp³-hybridized carbons (Fsp3) is 0.556. The number of rotatable bonds is 5. The second kappa shape index (κ2) is 8.20. The third-order valence-electron chi connectivity index (χ3n) is 4.66. The van der Waals surface area contributed by atoms with Crippen LogP contribution in [0.5, 0.6) is 11.5 Å². The van der Waals surface area contributed by atoms with Crippen LogP contribution in [-0.4, -0.2) is 49.7 Å². The second-order valence-corrected chi connectivity index (χ2v) is 6.45. The summed E-state index contributed by atoms with van der Waals surface area (Å²) in [6.07, 6.45) is 4.52. The summed E-state index contributed by atoms with van der Waals surface area (Å²) in [5.74, 6) is 1.23. The summed E-state index contributed by atoms with van der Waals surface area (Å²) in [6.45, 7) is 1.96. The van der Waals surface area contributed by atoms with Crippen molar-refractivity contribution >= 4 is 11.9 Å². The zero-order valence-corrected chi connectivity index (χ0v) is 14.5. The smallest absolute Gasteiger partial charge is 0.321 e. The highest BCUT2D eigenvalue weighted by atomic mass is 16.6. The number of carbonyl (C=O) groups excluding carboxylic acids is 2. The number of ether oxygens (including phenoxy) is 2. The lowest BCUT2D eigenvalue weighted by Gasteiger charge is -2.28. The third kappa shape index (κ3) is 4.63. The molecule has 1 aliphatic carbocycles. The standard InChI is InChI=1S/C18H25N3O4/c1-19-18(23)20-17(22)12-21(14-4-2-3-5-14)11-13-6-7-15-16(10-13)25-9-8-24-15/h6-7,10,14H,2-5,8-9,11-12H2,1H3,(H2,19,20,22,23). The fourth-order valence-electron chi connectivity index (χ4n) is 3.42. The lowest BCUT2D eigenvalue weighted by Crippen LogP contribution is -2.45. The number of nitrogens with one attached hydrogen (secondary N) is 2. The first-order chi connectivity index (χ1) is 12.2. The summed E-state index contributed by atoms with van der Waals surface area (Å²) in [7, 11) is 1.49. The Balaban J connectivity index is 1.69. The molecule has 136 valence electrons. The van der Waals surface area contributed by atoms with Gasteiger partial charge in [0.05, 0.1) is 6.54 Å². The van der Waals surface area contributed by atoms with E-state index in [2.05, 4.69) is 15.5 Å². The first-order valence-electron chi connectivity index (χ1n) is 8.80. The molecule has 0 atom stereocenters. The molecule has 1 saturated carbocycles. The average Bonchev–Trinajstić information content (AvgIpc) is 3.15. The maximum absolute atomic E-state index is 12.1. The molecular weight excluding hydrogens is 322 g/mol. The number of hydrogen-bond acceptors (Lipinski definition) is 5. The van der Waals surface area contributed by atoms with E-state index >= 15 is 0 Å². The van der Waals surface area contributed by atoms with Gasteiger partial charge in [0.2, 0.25) is 5.91 Å². The van der Waals surface area contributed by atoms with Crippen LogP contribution in [0.3, 0.4) is 0 Å². The van der Waals surface area contributed by atoms with Gasteiger partial charge in [0, 0.05) is 19.6 Å². The third-order valence-corrected chi connectivity index (χ3v) is 4.66. The lowest BCUT2D eigenvalue weighted by atomic mass is 10.1. The Morgan fingerprint density at radius 3 is 2.60 bits per heavy atom. The van der Waals surface area contributed by atoms with Crippen molar-refractivity contribution in [1.82, 2.24) is 15.5 Å². The molecule has 0 saturated heterocycles. The van der Waals surface area contributed by atoms with Crippen LogP contribution in [0, 0.1) is 0 Å². The zero-order chi connectivity index (χ0) is 17.6. The van der Waals surface area contributed by atoms with Crippen LogP contribution in [0.25, 0.3) is 0 Å². The predicted octanol–water partition coefficient (Wildman–Crippen LogP) is 1.66. The van der Waals surface area contributed by atoms with Crippen molar-refractivity contribution in [2.45, 2.75) is 38.3 Å². The summed E-state index contributed by atoms with van der Waals surface area (Å²) in [5.41, 5.74) is 1.07. The minimum absolute atomic E-state index is 0.201. The van der Waals surface area contributed by atoms with Crippen LogP contribution in [0.2, 0.25) is 0 Å². The second-order valence-electron chi connectivity index (χ2n) is 6.45. The van der Waals surface area contributed by atoms with E-state index in [-0.39, 0.29) is 12.5 Å². The summed E-state index contributed by atoms with van der Waals surface area (Å²) in [6, 6.07) is 5.79. The van der Waals surface area contributed by atoms with Crippen molar-refractivity contribution in [2.75, 3.05) is 26.8 Å². The molecule has 0 bridgehead atoms. The van der Waals surface area contributed by atoms with Crippen molar-refractivity contribution < 1.29 is 19.1 Å². The maximum atomic E-state index is 12.1. The number of imide groups is 1. The van der Waals surface area contributed by atoms with Gasteiger partial charge < -0.3 is 14.8 Å². The molecule has 25 heavy (non-hydrogen) atoms. The van der Waals surface area contributed by atoms with E-state index in [0.29, 0.717) is 25.8 Å². The van der Waals surface area contributed by atoms with E-state index in [4.69, 9.17) is 9.47 Å². The number of urea groups is 1. The molecule has 1 aliphatic heterocycles. The summed E-state index contributed by atoms with van der Waals surface area (Å²) < 4.78 is 11.2. The quantitative estimate of drug-likeness (QED) is 0.847. The monoisotopic (exact) mass is 347 g/mol. The maximum Gasteiger partial charge on any atom is 0.321 e. The summed E-state index contributed by atoms with van der Waals surface area (Å²) in [5, 5.41) is 4.75. The molecule has 0 radical (unpaired) electrons. The van der Waals surface area contributed by atoms with Gasteiger partial charge in [0.1, 0.15) is 13.2 Å². The number of nitrogens with zero attached hydrogens (tertiary/aromatic N) is 1. The van der Waals surface area contributed by atoms with Crippen LogP contribution in [0.15, 0.2) is 18.2 Å². The molecule has 2 N–H and O–H groups in total. The van der Waals surface area contributed by atoms with Crippen LogP contribution >= 0.6 is 0 Å². The number of benzene rings is 1. The molecule has 2 aliphatic rings. The average molecular weight is 347 g/mol. The van der Waals surface area contributed by atoms with Crippen molar-refractivity contribution in [3.8, 4) is 11.5 Å². The van der Waals surface area contributed by atoms with Gasteiger partial charge in [-0.1, -0.05) is 18.9 Å². The molecule has 1 aromatic rings. The molecule has 3 rings (SSSR count). The normalized spacial score (nSPS) is 16.7. The molecule has 1 aromatic carbocycles. The summed E-state index contributed by atoms with van der Waals surface area (Å²) >= 11 is 0. The first kappa shape index (κ1) is 17.5. The topological polar surface area (TPSA) is 79.9 Å². The van der Waals surface area contributed by atoms with E-state index in [1.165, 1.54) is 19.9 Å². The minimum atomic E-state index is -0.476. The van der Waals surface area contributed by atoms with Gasteiger partial charge in [-0.3, -0.25) is 15.0 Å². The number of hydrogen-bond donors (Lipinski definition) is 2. The van der Waals surface area contributed by atoms with Crippen molar-refractivity contribution in [1.29, 1.82) is 0 Å². The molecule has 0 aromatic heterocycles. The molecule has 7 heteroatoms. The summed E-state index contributed by atoms with van der Waals surface area (Å²) in [4.78, 5) is 25.6. The van der Waals surface area contributed by atoms with Gasteiger partial charge in [0.25, 0.3) is 0 Å². The SMILES string of the molecule is CNC(=O)NC(=O)CN(Cc1ccc2c(c1)OCCO2)C1CCCC1. The predicted molar refractivity (Wildman–Crippen MR) is 92.7 cm³/mol. The van der Waals surface area contributed by atoms with E-state index in [9.17, 15) is 9.59 Å². The lowest BCUT2D eigenvalue weighted by molar-refractivity contribution is -0.121. The fourth-order valence-corrected chi connectivity index (χ4v) is 3.42. The number of amides is 3. The van der Waals surface area contributed by atoms with E-state index in [0.717, 1.165) is 29.9 Å². The van der Waals surface area contributed by atoms with Crippen LogP contribution in [0.1, 0.15) is 31.2 Å². The first-order valence-corrected chi connectivity index (χ1v) is 8.80. The van der Waals surface area contributed by atoms with Gasteiger partial charge in [-0.25, -0.2) is 4.79 Å². The Morgan fingerprint density at radius 1 is 1.16 bits per heavy atom. The molecular formula is C18H25N3O4. The van der Waals surface area contributed by atoms with Crippen LogP contribution in [-0.2, 0) is 11.3 Å². The highest BCUT2D eigenvalue weighted by Gasteiger charge is 2.25. The molecule has 0 spiro atoms. The van der Waals surface area contributed by atoms with Crippen molar-refractivity contribution in [3.63, 3.8) is 0 Å². The highest BCUT2D eigenvalue weighted by Crippen LogP contribution is 2.32. The molecule has 1 fully saturated rings. The largest absolute Gasteiger partial charge is 0.486 e. The minimum Gasteiger partial charge on any atom is -0.486 e. The Labute approximate surface area is 147 Å². The van der Waals surface area contributed by atoms with Crippen LogP contribution < -0.4 is 20.1 Å². The molecule has 0 unspecified atom stereocenters. The van der Waals surface area contributed by atoms with Crippen molar-refractivity contribution in [2.24, 2.45) is 0 Å². The van der Waals surface area contributed by atoms with Gasteiger partial charge in [0.15, 0.2) is 11.5 Å². The Hall–Kier alpha value is -2.28. The van der Waals surface area contributed by atoms with Gasteiger partial charge in [-0.15, -0.1) is 0 Å². The Morgan fingerprint density at radius 2 is 1.88 bits per heavy atom. The van der Waals surface area contributed by atoms with Gasteiger partial charge >= 0.3 is 6.03 Å². The van der Waals surface area contributed by atoms with Gasteiger partial charge in [-0.05, 0) is 30.5 Å². The number of carbonyl (C=O) groups is 2. The molecule has 3 amide bonds. The van der Waals surface area contributed by atoms with E-state index < -0.39 is 6.03 Å². The van der Waals surface area contributed by atoms with E-state index in [1.807, 2.05) is 18.2 Å². The molecule has 7 nitrogen and oxygen atoms in total. The Kier molecular flexibility index (Phi) is 5.75.